The topological polar surface area (TPSA) is 39.1 Å². The van der Waals surface area contributed by atoms with Crippen LogP contribution < -0.4 is 5.32 Å². The van der Waals surface area contributed by atoms with E-state index >= 15 is 0 Å². The first kappa shape index (κ1) is 11.7. The smallest absolute Gasteiger partial charge is 0.0995 e. The highest BCUT2D eigenvalue weighted by atomic mass is 15.2. The van der Waals surface area contributed by atoms with Gasteiger partial charge in [0.15, 0.2) is 0 Å². The van der Waals surface area contributed by atoms with Crippen molar-refractivity contribution in [3.63, 3.8) is 0 Å². The maximum Gasteiger partial charge on any atom is 0.0995 e. The number of nitriles is 1. The lowest BCUT2D eigenvalue weighted by Crippen LogP contribution is -2.35. The molecule has 0 saturated carbocycles. The summed E-state index contributed by atoms with van der Waals surface area (Å²) in [4.78, 5) is 2.49. The van der Waals surface area contributed by atoms with Crippen molar-refractivity contribution in [1.29, 1.82) is 5.26 Å². The van der Waals surface area contributed by atoms with Gasteiger partial charge in [0.1, 0.15) is 0 Å². The first-order chi connectivity index (χ1) is 8.85. The largest absolute Gasteiger partial charge is 0.310 e. The second-order valence-electron chi connectivity index (χ2n) is 5.43. The third-order valence-electron chi connectivity index (χ3n) is 4.14. The van der Waals surface area contributed by atoms with Crippen LogP contribution in [0, 0.1) is 11.3 Å². The van der Waals surface area contributed by atoms with E-state index in [4.69, 9.17) is 5.26 Å². The van der Waals surface area contributed by atoms with Crippen molar-refractivity contribution in [3.8, 4) is 6.07 Å². The molecule has 1 aromatic carbocycles. The molecule has 2 bridgehead atoms. The first-order valence-electron chi connectivity index (χ1n) is 6.81. The van der Waals surface area contributed by atoms with Gasteiger partial charge in [-0.2, -0.15) is 5.26 Å². The highest BCUT2D eigenvalue weighted by molar-refractivity contribution is 5.37. The molecule has 3 heteroatoms. The first-order valence-corrected chi connectivity index (χ1v) is 6.81. The lowest BCUT2D eigenvalue weighted by molar-refractivity contribution is 0.251. The zero-order valence-electron chi connectivity index (χ0n) is 10.6. The van der Waals surface area contributed by atoms with Crippen LogP contribution >= 0.6 is 0 Å². The molecule has 0 aromatic heterocycles. The average Bonchev–Trinajstić information content (AvgIpc) is 2.73. The van der Waals surface area contributed by atoms with Crippen molar-refractivity contribution in [1.82, 2.24) is 10.2 Å². The molecule has 0 aliphatic carbocycles. The molecule has 0 amide bonds. The van der Waals surface area contributed by atoms with Gasteiger partial charge in [0.05, 0.1) is 11.6 Å². The minimum atomic E-state index is 0.659. The summed E-state index contributed by atoms with van der Waals surface area (Å²) in [6, 6.07) is 11.6. The molecule has 1 aromatic rings. The van der Waals surface area contributed by atoms with Crippen molar-refractivity contribution < 1.29 is 0 Å². The van der Waals surface area contributed by atoms with Crippen LogP contribution in [0.5, 0.6) is 0 Å². The van der Waals surface area contributed by atoms with Crippen LogP contribution in [-0.4, -0.2) is 30.1 Å². The van der Waals surface area contributed by atoms with Gasteiger partial charge in [-0.3, -0.25) is 4.90 Å². The molecule has 2 aliphatic heterocycles. The Labute approximate surface area is 108 Å². The van der Waals surface area contributed by atoms with Gasteiger partial charge >= 0.3 is 0 Å². The second-order valence-corrected chi connectivity index (χ2v) is 5.43. The van der Waals surface area contributed by atoms with E-state index in [0.717, 1.165) is 36.8 Å². The quantitative estimate of drug-likeness (QED) is 0.859. The van der Waals surface area contributed by atoms with Crippen molar-refractivity contribution in [2.45, 2.75) is 37.9 Å². The summed E-state index contributed by atoms with van der Waals surface area (Å²) in [5.74, 6) is 0. The molecule has 3 rings (SSSR count). The maximum atomic E-state index is 9.13. The highest BCUT2D eigenvalue weighted by Gasteiger charge is 2.29. The van der Waals surface area contributed by atoms with Crippen LogP contribution in [-0.2, 0) is 6.54 Å². The lowest BCUT2D eigenvalue weighted by Gasteiger charge is -2.24. The third-order valence-corrected chi connectivity index (χ3v) is 4.14. The van der Waals surface area contributed by atoms with Gasteiger partial charge in [0.25, 0.3) is 0 Å². The number of rotatable bonds is 2. The second kappa shape index (κ2) is 5.09. The Morgan fingerprint density at radius 1 is 1.22 bits per heavy atom. The molecular weight excluding hydrogens is 222 g/mol. The molecule has 1 N–H and O–H groups in total. The Morgan fingerprint density at radius 3 is 2.94 bits per heavy atom. The predicted octanol–water partition coefficient (Wildman–Crippen LogP) is 1.88. The summed E-state index contributed by atoms with van der Waals surface area (Å²) in [5, 5.41) is 12.8. The Balaban J connectivity index is 1.71. The van der Waals surface area contributed by atoms with E-state index in [9.17, 15) is 0 Å². The lowest BCUT2D eigenvalue weighted by atomic mass is 10.1. The van der Waals surface area contributed by atoms with E-state index in [1.165, 1.54) is 19.3 Å². The van der Waals surface area contributed by atoms with Gasteiger partial charge in [-0.25, -0.2) is 0 Å². The summed E-state index contributed by atoms with van der Waals surface area (Å²) >= 11 is 0. The van der Waals surface area contributed by atoms with Crippen molar-refractivity contribution >= 4 is 0 Å². The Kier molecular flexibility index (Phi) is 3.31. The molecule has 2 atom stereocenters. The van der Waals surface area contributed by atoms with Crippen LogP contribution in [0.15, 0.2) is 24.3 Å². The van der Waals surface area contributed by atoms with Crippen LogP contribution in [0.2, 0.25) is 0 Å². The fraction of sp³-hybridized carbons (Fsp3) is 0.533. The number of hydrogen-bond acceptors (Lipinski definition) is 3. The predicted molar refractivity (Wildman–Crippen MR) is 71.0 cm³/mol. The normalized spacial score (nSPS) is 27.7. The van der Waals surface area contributed by atoms with E-state index in [2.05, 4.69) is 22.4 Å². The van der Waals surface area contributed by atoms with E-state index < -0.39 is 0 Å². The summed E-state index contributed by atoms with van der Waals surface area (Å²) in [6.45, 7) is 3.18. The van der Waals surface area contributed by atoms with Gasteiger partial charge in [0.2, 0.25) is 0 Å². The van der Waals surface area contributed by atoms with Crippen molar-refractivity contribution in [2.24, 2.45) is 0 Å². The average molecular weight is 241 g/mol. The van der Waals surface area contributed by atoms with Crippen LogP contribution in [0.25, 0.3) is 0 Å². The maximum absolute atomic E-state index is 9.13. The van der Waals surface area contributed by atoms with Crippen LogP contribution in [0.3, 0.4) is 0 Å². The van der Waals surface area contributed by atoms with Crippen molar-refractivity contribution in [2.75, 3.05) is 13.1 Å². The molecule has 18 heavy (non-hydrogen) atoms. The van der Waals surface area contributed by atoms with E-state index in [1.54, 1.807) is 0 Å². The zero-order chi connectivity index (χ0) is 12.4. The summed E-state index contributed by atoms with van der Waals surface area (Å²) in [6.07, 6.45) is 3.89. The van der Waals surface area contributed by atoms with E-state index in [0.29, 0.717) is 6.04 Å². The number of fused-ring (bicyclic) bond motifs is 2. The highest BCUT2D eigenvalue weighted by Crippen LogP contribution is 2.22. The molecule has 3 nitrogen and oxygen atoms in total. The minimum Gasteiger partial charge on any atom is -0.310 e. The zero-order valence-corrected chi connectivity index (χ0v) is 10.6. The van der Waals surface area contributed by atoms with Crippen LogP contribution in [0.4, 0.5) is 0 Å². The molecule has 2 heterocycles. The Bertz CT molecular complexity index is 463. The van der Waals surface area contributed by atoms with Gasteiger partial charge < -0.3 is 5.32 Å². The SMILES string of the molecule is N#Cc1ccccc1CN1CCC2CCC(C1)N2. The number of nitrogens with one attached hydrogen (secondary N) is 1. The molecule has 0 spiro atoms. The molecule has 0 radical (unpaired) electrons. The summed E-state index contributed by atoms with van der Waals surface area (Å²) < 4.78 is 0. The van der Waals surface area contributed by atoms with Gasteiger partial charge in [-0.05, 0) is 30.9 Å². The van der Waals surface area contributed by atoms with E-state index in [-0.39, 0.29) is 0 Å². The van der Waals surface area contributed by atoms with Gasteiger partial charge in [-0.15, -0.1) is 0 Å². The fourth-order valence-corrected chi connectivity index (χ4v) is 3.17. The molecule has 2 fully saturated rings. The Morgan fingerprint density at radius 2 is 2.06 bits per heavy atom. The van der Waals surface area contributed by atoms with Gasteiger partial charge in [-0.1, -0.05) is 18.2 Å². The third kappa shape index (κ3) is 2.40. The standard InChI is InChI=1S/C15H19N3/c16-9-12-3-1-2-4-13(12)10-18-8-7-14-5-6-15(11-18)17-14/h1-4,14-15,17H,5-8,10-11H2. The van der Waals surface area contributed by atoms with Crippen LogP contribution in [0.1, 0.15) is 30.4 Å². The number of hydrogen-bond donors (Lipinski definition) is 1. The Hall–Kier alpha value is -1.37. The number of likely N-dealkylation sites (tertiary alicyclic amines) is 1. The molecule has 2 saturated heterocycles. The van der Waals surface area contributed by atoms with Gasteiger partial charge in [0, 0.05) is 31.7 Å². The van der Waals surface area contributed by atoms with Crippen molar-refractivity contribution in [3.05, 3.63) is 35.4 Å². The number of nitrogens with zero attached hydrogens (tertiary/aromatic N) is 2. The molecule has 2 aliphatic rings. The summed E-state index contributed by atoms with van der Waals surface area (Å²) in [5.41, 5.74) is 1.98. The minimum absolute atomic E-state index is 0.659. The number of benzene rings is 1. The molecule has 2 unspecified atom stereocenters. The monoisotopic (exact) mass is 241 g/mol. The fourth-order valence-electron chi connectivity index (χ4n) is 3.17. The summed E-state index contributed by atoms with van der Waals surface area (Å²) in [7, 11) is 0. The van der Waals surface area contributed by atoms with E-state index in [1.807, 2.05) is 18.2 Å². The molecule has 94 valence electrons. The molecular formula is C15H19N3.